The summed E-state index contributed by atoms with van der Waals surface area (Å²) in [5, 5.41) is 3.02. The molecule has 0 bridgehead atoms. The van der Waals surface area contributed by atoms with Gasteiger partial charge in [0.2, 0.25) is 0 Å². The first-order valence-corrected chi connectivity index (χ1v) is 5.72. The van der Waals surface area contributed by atoms with E-state index in [9.17, 15) is 4.39 Å². The minimum atomic E-state index is -0.318. The molecule has 0 fully saturated rings. The van der Waals surface area contributed by atoms with Gasteiger partial charge in [0.05, 0.1) is 0 Å². The van der Waals surface area contributed by atoms with Crippen molar-refractivity contribution >= 4 is 5.82 Å². The minimum Gasteiger partial charge on any atom is -0.364 e. The molecule has 0 aliphatic carbocycles. The first kappa shape index (κ1) is 11.6. The second-order valence-electron chi connectivity index (χ2n) is 3.81. The van der Waals surface area contributed by atoms with E-state index >= 15 is 0 Å². The Labute approximate surface area is 101 Å². The van der Waals surface area contributed by atoms with Crippen LogP contribution in [0.4, 0.5) is 10.2 Å². The monoisotopic (exact) mass is 230 g/mol. The zero-order chi connectivity index (χ0) is 12.1. The smallest absolute Gasteiger partial charge is 0.165 e. The molecule has 1 heterocycles. The van der Waals surface area contributed by atoms with Crippen molar-refractivity contribution in [1.82, 2.24) is 4.98 Å². The average Bonchev–Trinajstić information content (AvgIpc) is 2.38. The van der Waals surface area contributed by atoms with Gasteiger partial charge in [-0.15, -0.1) is 0 Å². The van der Waals surface area contributed by atoms with Crippen LogP contribution < -0.4 is 5.32 Å². The number of nitrogens with zero attached hydrogens (tertiary/aromatic N) is 1. The number of nitrogens with one attached hydrogen (secondary N) is 1. The SMILES string of the molecule is CCc1ccccc1CNc1ncccc1F. The minimum absolute atomic E-state index is 0.304. The highest BCUT2D eigenvalue weighted by Gasteiger charge is 2.03. The molecule has 1 aromatic carbocycles. The molecule has 1 aromatic heterocycles. The van der Waals surface area contributed by atoms with Gasteiger partial charge >= 0.3 is 0 Å². The van der Waals surface area contributed by atoms with Crippen LogP contribution in [0.25, 0.3) is 0 Å². The molecule has 0 unspecified atom stereocenters. The summed E-state index contributed by atoms with van der Waals surface area (Å²) >= 11 is 0. The van der Waals surface area contributed by atoms with Crippen molar-refractivity contribution in [3.05, 3.63) is 59.5 Å². The van der Waals surface area contributed by atoms with Crippen molar-refractivity contribution in [2.45, 2.75) is 19.9 Å². The standard InChI is InChI=1S/C14H15FN2/c1-2-11-6-3-4-7-12(11)10-17-14-13(15)8-5-9-16-14/h3-9H,2,10H2,1H3,(H,16,17). The molecule has 2 rings (SSSR count). The molecule has 0 saturated heterocycles. The van der Waals surface area contributed by atoms with Crippen LogP contribution in [-0.2, 0) is 13.0 Å². The Morgan fingerprint density at radius 3 is 2.59 bits per heavy atom. The largest absolute Gasteiger partial charge is 0.364 e. The van der Waals surface area contributed by atoms with Gasteiger partial charge in [0.25, 0.3) is 0 Å². The zero-order valence-corrected chi connectivity index (χ0v) is 9.78. The van der Waals surface area contributed by atoms with E-state index in [-0.39, 0.29) is 5.82 Å². The van der Waals surface area contributed by atoms with Crippen molar-refractivity contribution in [1.29, 1.82) is 0 Å². The van der Waals surface area contributed by atoms with E-state index in [1.807, 2.05) is 18.2 Å². The van der Waals surface area contributed by atoms with E-state index < -0.39 is 0 Å². The summed E-state index contributed by atoms with van der Waals surface area (Å²) in [6.45, 7) is 2.71. The van der Waals surface area contributed by atoms with E-state index in [1.54, 1.807) is 12.3 Å². The number of hydrogen-bond donors (Lipinski definition) is 1. The van der Waals surface area contributed by atoms with Gasteiger partial charge in [-0.1, -0.05) is 31.2 Å². The number of rotatable bonds is 4. The third kappa shape index (κ3) is 2.81. The lowest BCUT2D eigenvalue weighted by Crippen LogP contribution is -2.05. The molecule has 0 amide bonds. The first-order chi connectivity index (χ1) is 8.31. The number of benzene rings is 1. The number of aryl methyl sites for hydroxylation is 1. The van der Waals surface area contributed by atoms with Crippen LogP contribution in [0.15, 0.2) is 42.6 Å². The van der Waals surface area contributed by atoms with E-state index in [4.69, 9.17) is 0 Å². The fourth-order valence-electron chi connectivity index (χ4n) is 1.77. The van der Waals surface area contributed by atoms with Gasteiger partial charge in [-0.25, -0.2) is 9.37 Å². The highest BCUT2D eigenvalue weighted by Crippen LogP contribution is 2.13. The summed E-state index contributed by atoms with van der Waals surface area (Å²) in [7, 11) is 0. The van der Waals surface area contributed by atoms with Crippen LogP contribution in [0.2, 0.25) is 0 Å². The number of aromatic nitrogens is 1. The quantitative estimate of drug-likeness (QED) is 0.870. The average molecular weight is 230 g/mol. The maximum Gasteiger partial charge on any atom is 0.165 e. The van der Waals surface area contributed by atoms with Gasteiger partial charge in [-0.05, 0) is 29.7 Å². The molecule has 0 spiro atoms. The summed E-state index contributed by atoms with van der Waals surface area (Å²) in [6.07, 6.45) is 2.56. The molecule has 17 heavy (non-hydrogen) atoms. The molecule has 0 atom stereocenters. The van der Waals surface area contributed by atoms with Gasteiger partial charge in [-0.2, -0.15) is 0 Å². The molecule has 0 saturated carbocycles. The summed E-state index contributed by atoms with van der Waals surface area (Å²) in [5.74, 6) is -0.0140. The van der Waals surface area contributed by atoms with Crippen LogP contribution in [0.1, 0.15) is 18.1 Å². The highest BCUT2D eigenvalue weighted by atomic mass is 19.1. The van der Waals surface area contributed by atoms with Crippen LogP contribution in [0, 0.1) is 5.82 Å². The maximum absolute atomic E-state index is 13.3. The number of hydrogen-bond acceptors (Lipinski definition) is 2. The number of halogens is 1. The fourth-order valence-corrected chi connectivity index (χ4v) is 1.77. The van der Waals surface area contributed by atoms with Gasteiger partial charge < -0.3 is 5.32 Å². The van der Waals surface area contributed by atoms with Gasteiger partial charge in [0, 0.05) is 12.7 Å². The predicted octanol–water partition coefficient (Wildman–Crippen LogP) is 3.40. The lowest BCUT2D eigenvalue weighted by molar-refractivity contribution is 0.624. The van der Waals surface area contributed by atoms with Crippen molar-refractivity contribution in [2.75, 3.05) is 5.32 Å². The molecule has 0 aliphatic rings. The van der Waals surface area contributed by atoms with Crippen molar-refractivity contribution in [3.63, 3.8) is 0 Å². The number of pyridine rings is 1. The van der Waals surface area contributed by atoms with Gasteiger partial charge in [-0.3, -0.25) is 0 Å². The van der Waals surface area contributed by atoms with Crippen molar-refractivity contribution < 1.29 is 4.39 Å². The Balaban J connectivity index is 2.10. The summed E-state index contributed by atoms with van der Waals surface area (Å²) in [4.78, 5) is 3.96. The fraction of sp³-hybridized carbons (Fsp3) is 0.214. The van der Waals surface area contributed by atoms with Crippen LogP contribution in [0.5, 0.6) is 0 Å². The molecule has 3 heteroatoms. The first-order valence-electron chi connectivity index (χ1n) is 5.72. The van der Waals surface area contributed by atoms with E-state index in [0.717, 1.165) is 6.42 Å². The van der Waals surface area contributed by atoms with E-state index in [2.05, 4.69) is 23.3 Å². The Morgan fingerprint density at radius 1 is 1.12 bits per heavy atom. The Hall–Kier alpha value is -1.90. The Morgan fingerprint density at radius 2 is 1.88 bits per heavy atom. The summed E-state index contributed by atoms with van der Waals surface area (Å²) in [6, 6.07) is 11.1. The predicted molar refractivity (Wildman–Crippen MR) is 67.3 cm³/mol. The van der Waals surface area contributed by atoms with Crippen LogP contribution in [-0.4, -0.2) is 4.98 Å². The molecule has 88 valence electrons. The van der Waals surface area contributed by atoms with E-state index in [1.165, 1.54) is 17.2 Å². The molecular formula is C14H15FN2. The normalized spacial score (nSPS) is 10.2. The van der Waals surface area contributed by atoms with E-state index in [0.29, 0.717) is 12.4 Å². The zero-order valence-electron chi connectivity index (χ0n) is 9.78. The van der Waals surface area contributed by atoms with Crippen molar-refractivity contribution in [3.8, 4) is 0 Å². The summed E-state index contributed by atoms with van der Waals surface area (Å²) in [5.41, 5.74) is 2.45. The maximum atomic E-state index is 13.3. The molecule has 2 nitrogen and oxygen atoms in total. The Kier molecular flexibility index (Phi) is 3.70. The van der Waals surface area contributed by atoms with Crippen LogP contribution >= 0.6 is 0 Å². The van der Waals surface area contributed by atoms with Crippen LogP contribution in [0.3, 0.4) is 0 Å². The van der Waals surface area contributed by atoms with Gasteiger partial charge in [0.1, 0.15) is 0 Å². The third-order valence-corrected chi connectivity index (χ3v) is 2.70. The summed E-state index contributed by atoms with van der Waals surface area (Å²) < 4.78 is 13.3. The molecule has 1 N–H and O–H groups in total. The highest BCUT2D eigenvalue weighted by molar-refractivity contribution is 5.38. The lowest BCUT2D eigenvalue weighted by atomic mass is 10.1. The topological polar surface area (TPSA) is 24.9 Å². The number of anilines is 1. The second-order valence-corrected chi connectivity index (χ2v) is 3.81. The molecule has 0 aliphatic heterocycles. The lowest BCUT2D eigenvalue weighted by Gasteiger charge is -2.09. The second kappa shape index (κ2) is 5.43. The van der Waals surface area contributed by atoms with Crippen molar-refractivity contribution in [2.24, 2.45) is 0 Å². The third-order valence-electron chi connectivity index (χ3n) is 2.70. The molecule has 2 aromatic rings. The molecular weight excluding hydrogens is 215 g/mol. The van der Waals surface area contributed by atoms with Gasteiger partial charge in [0.15, 0.2) is 11.6 Å². The Bertz CT molecular complexity index is 497. The molecule has 0 radical (unpaired) electrons.